The largest absolute Gasteiger partial charge is 0.388 e. The van der Waals surface area contributed by atoms with Gasteiger partial charge in [-0.3, -0.25) is 4.79 Å². The van der Waals surface area contributed by atoms with Crippen LogP contribution in [0.5, 0.6) is 0 Å². The standard InChI is InChI=1S/C12H18O6/c1-4-5-15-9-8(7(14)6-13)16-11-10(9)17-12(2,3)18-11/h4,8-11,13H,1,5-6H2,2-3H3/t8-,9+,10-,11-/m1/s1. The lowest BCUT2D eigenvalue weighted by atomic mass is 10.1. The van der Waals surface area contributed by atoms with Gasteiger partial charge >= 0.3 is 0 Å². The minimum Gasteiger partial charge on any atom is -0.388 e. The number of fused-ring (bicyclic) bond motifs is 1. The highest BCUT2D eigenvalue weighted by atomic mass is 16.8. The fourth-order valence-electron chi connectivity index (χ4n) is 2.19. The first-order valence-electron chi connectivity index (χ1n) is 5.85. The number of hydrogen-bond acceptors (Lipinski definition) is 6. The number of aliphatic hydroxyl groups is 1. The van der Waals surface area contributed by atoms with E-state index in [4.69, 9.17) is 24.1 Å². The minimum absolute atomic E-state index is 0.274. The molecule has 0 spiro atoms. The van der Waals surface area contributed by atoms with Gasteiger partial charge in [-0.05, 0) is 13.8 Å². The molecule has 0 aromatic rings. The van der Waals surface area contributed by atoms with Gasteiger partial charge in [0.25, 0.3) is 0 Å². The van der Waals surface area contributed by atoms with E-state index >= 15 is 0 Å². The molecule has 0 bridgehead atoms. The van der Waals surface area contributed by atoms with E-state index in [0.717, 1.165) is 0 Å². The third-order valence-corrected chi connectivity index (χ3v) is 2.87. The van der Waals surface area contributed by atoms with Crippen LogP contribution in [-0.2, 0) is 23.7 Å². The molecule has 102 valence electrons. The highest BCUT2D eigenvalue weighted by Crippen LogP contribution is 2.38. The van der Waals surface area contributed by atoms with Crippen LogP contribution in [0, 0.1) is 0 Å². The molecule has 2 fully saturated rings. The van der Waals surface area contributed by atoms with E-state index in [1.807, 2.05) is 0 Å². The molecule has 2 saturated heterocycles. The number of carbonyl (C=O) groups is 1. The van der Waals surface area contributed by atoms with Crippen molar-refractivity contribution in [2.45, 2.75) is 44.2 Å². The molecule has 0 radical (unpaired) electrons. The number of rotatable bonds is 5. The summed E-state index contributed by atoms with van der Waals surface area (Å²) in [6.07, 6.45) is -0.986. The number of Topliss-reactive ketones (excluding diaryl/α,β-unsaturated/α-hetero) is 1. The van der Waals surface area contributed by atoms with Gasteiger partial charge in [0.15, 0.2) is 24.0 Å². The maximum Gasteiger partial charge on any atom is 0.190 e. The van der Waals surface area contributed by atoms with E-state index in [0.29, 0.717) is 0 Å². The van der Waals surface area contributed by atoms with Gasteiger partial charge < -0.3 is 24.1 Å². The molecule has 0 aliphatic carbocycles. The Bertz CT molecular complexity index is 339. The predicted molar refractivity (Wildman–Crippen MR) is 60.7 cm³/mol. The van der Waals surface area contributed by atoms with Crippen molar-refractivity contribution in [3.05, 3.63) is 12.7 Å². The van der Waals surface area contributed by atoms with Gasteiger partial charge in [-0.1, -0.05) is 6.08 Å². The first-order chi connectivity index (χ1) is 8.48. The van der Waals surface area contributed by atoms with E-state index in [9.17, 15) is 4.79 Å². The number of aliphatic hydroxyl groups excluding tert-OH is 1. The van der Waals surface area contributed by atoms with Crippen LogP contribution in [0.4, 0.5) is 0 Å². The monoisotopic (exact) mass is 258 g/mol. The van der Waals surface area contributed by atoms with Crippen LogP contribution in [0.15, 0.2) is 12.7 Å². The van der Waals surface area contributed by atoms with Crippen molar-refractivity contribution in [1.29, 1.82) is 0 Å². The topological polar surface area (TPSA) is 74.2 Å². The number of hydrogen-bond donors (Lipinski definition) is 1. The molecule has 4 atom stereocenters. The lowest BCUT2D eigenvalue weighted by Gasteiger charge is -2.24. The number of ketones is 1. The molecule has 0 unspecified atom stereocenters. The highest BCUT2D eigenvalue weighted by molar-refractivity contribution is 5.85. The third-order valence-electron chi connectivity index (χ3n) is 2.87. The normalized spacial score (nSPS) is 37.5. The molecule has 0 amide bonds. The molecule has 0 saturated carbocycles. The first kappa shape index (κ1) is 13.6. The summed E-state index contributed by atoms with van der Waals surface area (Å²) in [5, 5.41) is 8.92. The summed E-state index contributed by atoms with van der Waals surface area (Å²) < 4.78 is 22.2. The van der Waals surface area contributed by atoms with Crippen molar-refractivity contribution < 1.29 is 28.8 Å². The lowest BCUT2D eigenvalue weighted by Crippen LogP contribution is -2.41. The van der Waals surface area contributed by atoms with Gasteiger partial charge in [0, 0.05) is 0 Å². The zero-order valence-electron chi connectivity index (χ0n) is 10.5. The van der Waals surface area contributed by atoms with Crippen LogP contribution >= 0.6 is 0 Å². The average Bonchev–Trinajstić information content (AvgIpc) is 2.77. The van der Waals surface area contributed by atoms with Gasteiger partial charge in [-0.2, -0.15) is 0 Å². The first-order valence-corrected chi connectivity index (χ1v) is 5.85. The van der Waals surface area contributed by atoms with E-state index < -0.39 is 42.8 Å². The van der Waals surface area contributed by atoms with Crippen LogP contribution in [0.1, 0.15) is 13.8 Å². The molecule has 2 aliphatic rings. The summed E-state index contributed by atoms with van der Waals surface area (Å²) in [7, 11) is 0. The van der Waals surface area contributed by atoms with Gasteiger partial charge in [0.05, 0.1) is 6.61 Å². The molecule has 2 aliphatic heterocycles. The molecule has 6 nitrogen and oxygen atoms in total. The van der Waals surface area contributed by atoms with Crippen molar-refractivity contribution in [2.24, 2.45) is 0 Å². The molecular weight excluding hydrogens is 240 g/mol. The second-order valence-corrected chi connectivity index (χ2v) is 4.74. The van der Waals surface area contributed by atoms with Crippen molar-refractivity contribution in [3.63, 3.8) is 0 Å². The molecule has 0 aromatic carbocycles. The maximum atomic E-state index is 11.6. The fourth-order valence-corrected chi connectivity index (χ4v) is 2.19. The van der Waals surface area contributed by atoms with E-state index in [1.54, 1.807) is 19.9 Å². The zero-order valence-corrected chi connectivity index (χ0v) is 10.5. The number of carbonyl (C=O) groups excluding carboxylic acids is 1. The quantitative estimate of drug-likeness (QED) is 0.699. The molecule has 18 heavy (non-hydrogen) atoms. The van der Waals surface area contributed by atoms with Gasteiger partial charge in [0.1, 0.15) is 18.8 Å². The lowest BCUT2D eigenvalue weighted by molar-refractivity contribution is -0.217. The molecule has 6 heteroatoms. The molecule has 2 heterocycles. The Morgan fingerprint density at radius 2 is 2.22 bits per heavy atom. The Morgan fingerprint density at radius 1 is 1.50 bits per heavy atom. The second-order valence-electron chi connectivity index (χ2n) is 4.74. The summed E-state index contributed by atoms with van der Waals surface area (Å²) in [6.45, 7) is 6.76. The van der Waals surface area contributed by atoms with E-state index in [-0.39, 0.29) is 6.61 Å². The average molecular weight is 258 g/mol. The summed E-state index contributed by atoms with van der Waals surface area (Å²) in [4.78, 5) is 11.6. The van der Waals surface area contributed by atoms with Crippen LogP contribution in [0.3, 0.4) is 0 Å². The smallest absolute Gasteiger partial charge is 0.190 e. The van der Waals surface area contributed by atoms with Crippen LogP contribution < -0.4 is 0 Å². The Hall–Kier alpha value is -0.790. The summed E-state index contributed by atoms with van der Waals surface area (Å²) in [6, 6.07) is 0. The Kier molecular flexibility index (Phi) is 3.84. The number of ether oxygens (including phenoxy) is 4. The van der Waals surface area contributed by atoms with Crippen molar-refractivity contribution in [3.8, 4) is 0 Å². The minimum atomic E-state index is -0.860. The molecule has 0 aromatic heterocycles. The SMILES string of the molecule is C=CCO[C@@H]1[C@H]2OC(C)(C)O[C@H]2O[C@@H]1C(=O)CO. The predicted octanol–water partition coefficient (Wildman–Crippen LogP) is -0.00460. The van der Waals surface area contributed by atoms with Crippen molar-refractivity contribution in [2.75, 3.05) is 13.2 Å². The maximum absolute atomic E-state index is 11.6. The van der Waals surface area contributed by atoms with Gasteiger partial charge in [-0.15, -0.1) is 6.58 Å². The van der Waals surface area contributed by atoms with Crippen molar-refractivity contribution >= 4 is 5.78 Å². The summed E-state index contributed by atoms with van der Waals surface area (Å²) in [5.41, 5.74) is 0. The fraction of sp³-hybridized carbons (Fsp3) is 0.750. The van der Waals surface area contributed by atoms with Crippen LogP contribution in [0.2, 0.25) is 0 Å². The Balaban J connectivity index is 2.12. The van der Waals surface area contributed by atoms with Crippen molar-refractivity contribution in [1.82, 2.24) is 0 Å². The molecular formula is C12H18O6. The summed E-state index contributed by atoms with van der Waals surface area (Å²) >= 11 is 0. The summed E-state index contributed by atoms with van der Waals surface area (Å²) in [5.74, 6) is -1.21. The highest BCUT2D eigenvalue weighted by Gasteiger charge is 2.57. The van der Waals surface area contributed by atoms with Gasteiger partial charge in [-0.25, -0.2) is 0 Å². The Labute approximate surface area is 105 Å². The molecule has 1 N–H and O–H groups in total. The van der Waals surface area contributed by atoms with Gasteiger partial charge in [0.2, 0.25) is 0 Å². The van der Waals surface area contributed by atoms with E-state index in [2.05, 4.69) is 6.58 Å². The second kappa shape index (κ2) is 5.07. The van der Waals surface area contributed by atoms with Crippen LogP contribution in [0.25, 0.3) is 0 Å². The van der Waals surface area contributed by atoms with E-state index in [1.165, 1.54) is 0 Å². The van der Waals surface area contributed by atoms with Crippen LogP contribution in [-0.4, -0.2) is 54.5 Å². The zero-order chi connectivity index (χ0) is 13.3. The third kappa shape index (κ3) is 2.48. The molecule has 2 rings (SSSR count). The Morgan fingerprint density at radius 3 is 2.83 bits per heavy atom.